The van der Waals surface area contributed by atoms with Gasteiger partial charge in [-0.15, -0.1) is 0 Å². The molecule has 6 nitrogen and oxygen atoms in total. The van der Waals surface area contributed by atoms with Crippen LogP contribution in [0.3, 0.4) is 0 Å². The van der Waals surface area contributed by atoms with Gasteiger partial charge in [0.05, 0.1) is 24.2 Å². The van der Waals surface area contributed by atoms with E-state index in [2.05, 4.69) is 16.0 Å². The van der Waals surface area contributed by atoms with Gasteiger partial charge in [0, 0.05) is 23.6 Å². The van der Waals surface area contributed by atoms with Crippen LogP contribution >= 0.6 is 11.6 Å². The summed E-state index contributed by atoms with van der Waals surface area (Å²) in [5.74, 6) is 2.33. The lowest BCUT2D eigenvalue weighted by Crippen LogP contribution is -2.25. The number of aromatic nitrogens is 2. The number of benzene rings is 3. The number of rotatable bonds is 11. The van der Waals surface area contributed by atoms with Gasteiger partial charge < -0.3 is 19.4 Å². The average molecular weight is 478 g/mol. The lowest BCUT2D eigenvalue weighted by Gasteiger charge is -2.13. The van der Waals surface area contributed by atoms with Crippen molar-refractivity contribution in [3.63, 3.8) is 0 Å². The van der Waals surface area contributed by atoms with E-state index in [9.17, 15) is 4.79 Å². The monoisotopic (exact) mass is 477 g/mol. The molecular formula is C27H28ClN3O3. The van der Waals surface area contributed by atoms with Crippen molar-refractivity contribution in [2.45, 2.75) is 26.3 Å². The number of aryl methyl sites for hydroxylation is 1. The van der Waals surface area contributed by atoms with Gasteiger partial charge in [0.15, 0.2) is 11.5 Å². The van der Waals surface area contributed by atoms with Crippen LogP contribution in [0.2, 0.25) is 5.02 Å². The van der Waals surface area contributed by atoms with E-state index in [0.29, 0.717) is 36.9 Å². The lowest BCUT2D eigenvalue weighted by atomic mass is 10.2. The molecule has 0 unspecified atom stereocenters. The van der Waals surface area contributed by atoms with Gasteiger partial charge in [0.1, 0.15) is 12.4 Å². The molecule has 0 atom stereocenters. The van der Waals surface area contributed by atoms with Crippen LogP contribution in [-0.2, 0) is 13.0 Å². The van der Waals surface area contributed by atoms with E-state index in [-0.39, 0.29) is 5.91 Å². The number of nitrogens with one attached hydrogen (secondary N) is 1. The number of hydrogen-bond acceptors (Lipinski definition) is 4. The van der Waals surface area contributed by atoms with Crippen molar-refractivity contribution in [3.05, 3.63) is 89.2 Å². The molecule has 3 aromatic carbocycles. The summed E-state index contributed by atoms with van der Waals surface area (Å²) in [4.78, 5) is 17.2. The largest absolute Gasteiger partial charge is 0.490 e. The summed E-state index contributed by atoms with van der Waals surface area (Å²) in [6, 6.07) is 22.7. The molecule has 0 aliphatic carbocycles. The summed E-state index contributed by atoms with van der Waals surface area (Å²) in [7, 11) is 0. The van der Waals surface area contributed by atoms with Crippen LogP contribution in [-0.4, -0.2) is 35.2 Å². The maximum atomic E-state index is 12.3. The molecule has 1 N–H and O–H groups in total. The normalized spacial score (nSPS) is 10.9. The summed E-state index contributed by atoms with van der Waals surface area (Å²) in [6.45, 7) is 4.24. The fraction of sp³-hybridized carbons (Fsp3) is 0.259. The number of ether oxygens (including phenoxy) is 2. The number of para-hydroxylation sites is 4. The Hall–Kier alpha value is -3.51. The van der Waals surface area contributed by atoms with Crippen molar-refractivity contribution >= 4 is 28.5 Å². The summed E-state index contributed by atoms with van der Waals surface area (Å²) in [6.07, 6.45) is 1.50. The van der Waals surface area contributed by atoms with Gasteiger partial charge in [0.2, 0.25) is 0 Å². The number of carbonyl (C=O) groups is 1. The van der Waals surface area contributed by atoms with Crippen LogP contribution in [0.15, 0.2) is 72.8 Å². The Morgan fingerprint density at radius 2 is 1.76 bits per heavy atom. The molecule has 0 saturated heterocycles. The molecule has 0 spiro atoms. The zero-order valence-corrected chi connectivity index (χ0v) is 19.9. The minimum absolute atomic E-state index is 0.127. The molecule has 176 valence electrons. The average Bonchev–Trinajstić information content (AvgIpc) is 3.20. The zero-order valence-electron chi connectivity index (χ0n) is 19.2. The fourth-order valence-electron chi connectivity index (χ4n) is 3.84. The first kappa shape index (κ1) is 23.6. The molecule has 1 aromatic heterocycles. The molecule has 4 rings (SSSR count). The van der Waals surface area contributed by atoms with Crippen molar-refractivity contribution in [1.29, 1.82) is 0 Å². The first-order chi connectivity index (χ1) is 16.7. The van der Waals surface area contributed by atoms with Crippen molar-refractivity contribution < 1.29 is 14.3 Å². The molecule has 0 bridgehead atoms. The number of halogens is 1. The van der Waals surface area contributed by atoms with Crippen LogP contribution in [0.1, 0.15) is 29.5 Å². The van der Waals surface area contributed by atoms with Gasteiger partial charge in [-0.25, -0.2) is 4.98 Å². The number of nitrogens with zero attached hydrogens (tertiary/aromatic N) is 2. The van der Waals surface area contributed by atoms with E-state index in [1.165, 1.54) is 0 Å². The van der Waals surface area contributed by atoms with Crippen LogP contribution in [0.5, 0.6) is 11.5 Å². The van der Waals surface area contributed by atoms with Gasteiger partial charge >= 0.3 is 0 Å². The fourth-order valence-corrected chi connectivity index (χ4v) is 4.03. The topological polar surface area (TPSA) is 65.4 Å². The Labute approximate surface area is 204 Å². The third-order valence-corrected chi connectivity index (χ3v) is 5.64. The minimum Gasteiger partial charge on any atom is -0.490 e. The molecule has 1 amide bonds. The van der Waals surface area contributed by atoms with E-state index < -0.39 is 0 Å². The second-order valence-corrected chi connectivity index (χ2v) is 8.20. The number of imidazole rings is 1. The van der Waals surface area contributed by atoms with Crippen LogP contribution in [0.25, 0.3) is 11.0 Å². The Kier molecular flexibility index (Phi) is 8.04. The Balaban J connectivity index is 1.38. The van der Waals surface area contributed by atoms with Crippen molar-refractivity contribution in [2.24, 2.45) is 0 Å². The predicted octanol–water partition coefficient (Wildman–Crippen LogP) is 5.53. The van der Waals surface area contributed by atoms with Gasteiger partial charge in [-0.3, -0.25) is 4.79 Å². The third kappa shape index (κ3) is 5.88. The van der Waals surface area contributed by atoms with Crippen molar-refractivity contribution in [1.82, 2.24) is 14.9 Å². The van der Waals surface area contributed by atoms with Gasteiger partial charge in [-0.1, -0.05) is 41.9 Å². The molecule has 0 radical (unpaired) electrons. The maximum absolute atomic E-state index is 12.3. The summed E-state index contributed by atoms with van der Waals surface area (Å²) in [5.41, 5.74) is 2.58. The molecule has 0 aliphatic heterocycles. The second kappa shape index (κ2) is 11.6. The van der Waals surface area contributed by atoms with Crippen molar-refractivity contribution in [3.8, 4) is 11.5 Å². The molecule has 4 aromatic rings. The third-order valence-electron chi connectivity index (χ3n) is 5.40. The first-order valence-corrected chi connectivity index (χ1v) is 11.9. The molecule has 34 heavy (non-hydrogen) atoms. The smallest absolute Gasteiger partial charge is 0.251 e. The van der Waals surface area contributed by atoms with E-state index in [4.69, 9.17) is 26.1 Å². The number of hydrogen-bond donors (Lipinski definition) is 1. The number of amides is 1. The highest BCUT2D eigenvalue weighted by molar-refractivity contribution is 6.30. The SMILES string of the molecule is CCOc1ccccc1OCCn1c(CCCNC(=O)c2cccc(Cl)c2)nc2ccccc21. The van der Waals surface area contributed by atoms with Gasteiger partial charge in [0.25, 0.3) is 5.91 Å². The summed E-state index contributed by atoms with van der Waals surface area (Å²) >= 11 is 5.98. The molecule has 0 fully saturated rings. The summed E-state index contributed by atoms with van der Waals surface area (Å²) in [5, 5.41) is 3.51. The Morgan fingerprint density at radius 3 is 2.56 bits per heavy atom. The van der Waals surface area contributed by atoms with Gasteiger partial charge in [-0.05, 0) is 55.8 Å². The number of carbonyl (C=O) groups excluding carboxylic acids is 1. The number of fused-ring (bicyclic) bond motifs is 1. The predicted molar refractivity (Wildman–Crippen MR) is 135 cm³/mol. The van der Waals surface area contributed by atoms with Crippen LogP contribution < -0.4 is 14.8 Å². The Morgan fingerprint density at radius 1 is 1.00 bits per heavy atom. The minimum atomic E-state index is -0.127. The molecular weight excluding hydrogens is 450 g/mol. The molecule has 0 saturated carbocycles. The standard InChI is InChI=1S/C27H28ClN3O3/c1-2-33-24-13-5-6-14-25(24)34-18-17-31-23-12-4-3-11-22(23)30-26(31)15-8-16-29-27(32)20-9-7-10-21(28)19-20/h3-7,9-14,19H,2,8,15-18H2,1H3,(H,29,32). The van der Waals surface area contributed by atoms with Crippen molar-refractivity contribution in [2.75, 3.05) is 19.8 Å². The van der Waals surface area contributed by atoms with Crippen LogP contribution in [0.4, 0.5) is 0 Å². The maximum Gasteiger partial charge on any atom is 0.251 e. The second-order valence-electron chi connectivity index (χ2n) is 7.77. The zero-order chi connectivity index (χ0) is 23.8. The van der Waals surface area contributed by atoms with Crippen LogP contribution in [0, 0.1) is 0 Å². The van der Waals surface area contributed by atoms with E-state index >= 15 is 0 Å². The Bertz CT molecular complexity index is 1250. The van der Waals surface area contributed by atoms with E-state index in [0.717, 1.165) is 41.2 Å². The molecule has 1 heterocycles. The highest BCUT2D eigenvalue weighted by Crippen LogP contribution is 2.26. The lowest BCUT2D eigenvalue weighted by molar-refractivity contribution is 0.0953. The molecule has 0 aliphatic rings. The first-order valence-electron chi connectivity index (χ1n) is 11.5. The highest BCUT2D eigenvalue weighted by atomic mass is 35.5. The van der Waals surface area contributed by atoms with E-state index in [1.807, 2.05) is 49.4 Å². The summed E-state index contributed by atoms with van der Waals surface area (Å²) < 4.78 is 13.9. The van der Waals surface area contributed by atoms with E-state index in [1.54, 1.807) is 24.3 Å². The quantitative estimate of drug-likeness (QED) is 0.288. The molecule has 7 heteroatoms. The van der Waals surface area contributed by atoms with Gasteiger partial charge in [-0.2, -0.15) is 0 Å². The highest BCUT2D eigenvalue weighted by Gasteiger charge is 2.12.